The second-order valence-corrected chi connectivity index (χ2v) is 7.65. The lowest BCUT2D eigenvalue weighted by atomic mass is 9.99. The number of rotatable bonds is 10. The van der Waals surface area contributed by atoms with Crippen LogP contribution >= 0.6 is 0 Å². The Hall–Kier alpha value is -0.730. The number of aliphatic hydroxyl groups excluding tert-OH is 3. The van der Waals surface area contributed by atoms with Crippen molar-refractivity contribution in [2.75, 3.05) is 32.8 Å². The number of amides is 1. The van der Waals surface area contributed by atoms with Crippen LogP contribution < -0.4 is 5.32 Å². The predicted octanol–water partition coefficient (Wildman–Crippen LogP) is -0.0659. The quantitative estimate of drug-likeness (QED) is 0.402. The molecule has 2 aliphatic rings. The monoisotopic (exact) mass is 371 g/mol. The van der Waals surface area contributed by atoms with E-state index in [4.69, 9.17) is 0 Å². The molecule has 0 aromatic rings. The highest BCUT2D eigenvalue weighted by Crippen LogP contribution is 2.31. The van der Waals surface area contributed by atoms with Crippen LogP contribution in [0.4, 0.5) is 0 Å². The first-order valence-electron chi connectivity index (χ1n) is 10.3. The number of carbonyl (C=O) groups is 1. The minimum atomic E-state index is -1.04. The molecule has 5 atom stereocenters. The van der Waals surface area contributed by atoms with Crippen molar-refractivity contribution in [3.05, 3.63) is 0 Å². The predicted molar refractivity (Wildman–Crippen MR) is 101 cm³/mol. The highest BCUT2D eigenvalue weighted by molar-refractivity contribution is 5.83. The molecular formula is C19H37N3O4. The Labute approximate surface area is 157 Å². The summed E-state index contributed by atoms with van der Waals surface area (Å²) in [6.45, 7) is 6.90. The topological polar surface area (TPSA) is 96.3 Å². The van der Waals surface area contributed by atoms with Crippen LogP contribution in [0.2, 0.25) is 0 Å². The van der Waals surface area contributed by atoms with Crippen molar-refractivity contribution in [2.45, 2.75) is 82.7 Å². The number of nitrogens with one attached hydrogen (secondary N) is 1. The van der Waals surface area contributed by atoms with E-state index >= 15 is 0 Å². The van der Waals surface area contributed by atoms with E-state index < -0.39 is 30.3 Å². The molecule has 2 aliphatic heterocycles. The van der Waals surface area contributed by atoms with Gasteiger partial charge in [0.25, 0.3) is 0 Å². The van der Waals surface area contributed by atoms with Crippen molar-refractivity contribution in [3.8, 4) is 0 Å². The van der Waals surface area contributed by atoms with Gasteiger partial charge in [-0.05, 0) is 45.3 Å². The van der Waals surface area contributed by atoms with Gasteiger partial charge in [0, 0.05) is 6.54 Å². The molecule has 0 bridgehead atoms. The van der Waals surface area contributed by atoms with Gasteiger partial charge in [-0.25, -0.2) is 0 Å². The van der Waals surface area contributed by atoms with Crippen molar-refractivity contribution in [1.82, 2.24) is 15.1 Å². The lowest BCUT2D eigenvalue weighted by Crippen LogP contribution is -2.60. The zero-order chi connectivity index (χ0) is 19.1. The Morgan fingerprint density at radius 1 is 1.12 bits per heavy atom. The van der Waals surface area contributed by atoms with Gasteiger partial charge in [-0.2, -0.15) is 0 Å². The molecule has 2 heterocycles. The summed E-state index contributed by atoms with van der Waals surface area (Å²) in [5.41, 5.74) is 0. The number of hydrogen-bond acceptors (Lipinski definition) is 6. The van der Waals surface area contributed by atoms with Crippen LogP contribution in [0, 0.1) is 0 Å². The van der Waals surface area contributed by atoms with Gasteiger partial charge in [-0.1, -0.05) is 26.7 Å². The second kappa shape index (κ2) is 10.6. The normalized spacial score (nSPS) is 31.4. The SMILES string of the molecule is CCCCNC(=O)C([C@@H]1[C@H](O)[C@H](O)[C@@H](CO)N1CCCC)N1CCCC1. The van der Waals surface area contributed by atoms with Crippen LogP contribution in [0.1, 0.15) is 52.4 Å². The molecule has 1 unspecified atom stereocenters. The van der Waals surface area contributed by atoms with Gasteiger partial charge in [0.1, 0.15) is 6.04 Å². The fourth-order valence-corrected chi connectivity index (χ4v) is 4.33. The van der Waals surface area contributed by atoms with Gasteiger partial charge in [-0.15, -0.1) is 0 Å². The number of aliphatic hydroxyl groups is 3. The van der Waals surface area contributed by atoms with E-state index in [2.05, 4.69) is 24.1 Å². The maximum atomic E-state index is 13.0. The molecule has 0 radical (unpaired) electrons. The van der Waals surface area contributed by atoms with Crippen molar-refractivity contribution >= 4 is 5.91 Å². The molecular weight excluding hydrogens is 334 g/mol. The Bertz CT molecular complexity index is 431. The van der Waals surface area contributed by atoms with Gasteiger partial charge < -0.3 is 20.6 Å². The van der Waals surface area contributed by atoms with Crippen molar-refractivity contribution in [3.63, 3.8) is 0 Å². The van der Waals surface area contributed by atoms with Crippen LogP contribution in [-0.2, 0) is 4.79 Å². The summed E-state index contributed by atoms with van der Waals surface area (Å²) < 4.78 is 0. The fraction of sp³-hybridized carbons (Fsp3) is 0.947. The minimum absolute atomic E-state index is 0.0725. The van der Waals surface area contributed by atoms with Gasteiger partial charge in [0.05, 0.1) is 30.9 Å². The van der Waals surface area contributed by atoms with E-state index in [1.54, 1.807) is 0 Å². The van der Waals surface area contributed by atoms with E-state index in [0.717, 1.165) is 51.6 Å². The molecule has 7 nitrogen and oxygen atoms in total. The number of unbranched alkanes of at least 4 members (excludes halogenated alkanes) is 2. The van der Waals surface area contributed by atoms with Gasteiger partial charge in [0.2, 0.25) is 5.91 Å². The summed E-state index contributed by atoms with van der Waals surface area (Å²) in [5, 5.41) is 34.0. The van der Waals surface area contributed by atoms with Crippen LogP contribution in [0.5, 0.6) is 0 Å². The first-order valence-corrected chi connectivity index (χ1v) is 10.3. The van der Waals surface area contributed by atoms with E-state index in [1.807, 2.05) is 4.90 Å². The standard InChI is InChI=1S/C19H37N3O4/c1-3-5-9-20-19(26)16(21-10-7-8-11-21)15-18(25)17(24)14(13-23)22(15)12-6-4-2/h14-18,23-25H,3-13H2,1-2H3,(H,20,26)/t14-,15-,16?,17-,18+/m1/s1. The third kappa shape index (κ3) is 4.75. The molecule has 2 fully saturated rings. The molecule has 2 rings (SSSR count). The Balaban J connectivity index is 2.25. The van der Waals surface area contributed by atoms with Gasteiger partial charge in [-0.3, -0.25) is 14.6 Å². The average Bonchev–Trinajstić information content (AvgIpc) is 3.23. The summed E-state index contributed by atoms with van der Waals surface area (Å²) in [5.74, 6) is -0.0725. The Kier molecular flexibility index (Phi) is 8.76. The molecule has 7 heteroatoms. The Morgan fingerprint density at radius 2 is 1.77 bits per heavy atom. The number of carbonyl (C=O) groups excluding carboxylic acids is 1. The van der Waals surface area contributed by atoms with Crippen LogP contribution in [-0.4, -0.2) is 94.1 Å². The first-order chi connectivity index (χ1) is 12.6. The summed E-state index contributed by atoms with van der Waals surface area (Å²) >= 11 is 0. The van der Waals surface area contributed by atoms with E-state index in [9.17, 15) is 20.1 Å². The fourth-order valence-electron chi connectivity index (χ4n) is 4.33. The van der Waals surface area contributed by atoms with Crippen molar-refractivity contribution < 1.29 is 20.1 Å². The number of hydrogen-bond donors (Lipinski definition) is 4. The molecule has 1 amide bonds. The van der Waals surface area contributed by atoms with Crippen LogP contribution in [0.3, 0.4) is 0 Å². The minimum Gasteiger partial charge on any atom is -0.395 e. The zero-order valence-electron chi connectivity index (χ0n) is 16.3. The smallest absolute Gasteiger partial charge is 0.239 e. The van der Waals surface area contributed by atoms with Crippen LogP contribution in [0.25, 0.3) is 0 Å². The third-order valence-corrected chi connectivity index (χ3v) is 5.82. The van der Waals surface area contributed by atoms with Crippen LogP contribution in [0.15, 0.2) is 0 Å². The van der Waals surface area contributed by atoms with E-state index in [1.165, 1.54) is 0 Å². The third-order valence-electron chi connectivity index (χ3n) is 5.82. The zero-order valence-corrected chi connectivity index (χ0v) is 16.3. The number of likely N-dealkylation sites (tertiary alicyclic amines) is 2. The highest BCUT2D eigenvalue weighted by atomic mass is 16.3. The molecule has 0 spiro atoms. The summed E-state index contributed by atoms with van der Waals surface area (Å²) in [4.78, 5) is 17.1. The molecule has 0 aliphatic carbocycles. The maximum Gasteiger partial charge on any atom is 0.239 e. The molecule has 0 saturated carbocycles. The summed E-state index contributed by atoms with van der Waals surface area (Å²) in [7, 11) is 0. The lowest BCUT2D eigenvalue weighted by molar-refractivity contribution is -0.130. The van der Waals surface area contributed by atoms with Gasteiger partial charge >= 0.3 is 0 Å². The molecule has 26 heavy (non-hydrogen) atoms. The summed E-state index contributed by atoms with van der Waals surface area (Å²) in [6, 6.07) is -1.50. The molecule has 4 N–H and O–H groups in total. The van der Waals surface area contributed by atoms with Gasteiger partial charge in [0.15, 0.2) is 0 Å². The lowest BCUT2D eigenvalue weighted by Gasteiger charge is -2.38. The van der Waals surface area contributed by atoms with Crippen molar-refractivity contribution in [2.24, 2.45) is 0 Å². The molecule has 152 valence electrons. The Morgan fingerprint density at radius 3 is 2.35 bits per heavy atom. The molecule has 0 aromatic carbocycles. The first kappa shape index (κ1) is 21.6. The van der Waals surface area contributed by atoms with E-state index in [-0.39, 0.29) is 12.5 Å². The average molecular weight is 372 g/mol. The highest BCUT2D eigenvalue weighted by Gasteiger charge is 2.53. The molecule has 0 aromatic heterocycles. The largest absolute Gasteiger partial charge is 0.395 e. The number of nitrogens with zero attached hydrogens (tertiary/aromatic N) is 2. The van der Waals surface area contributed by atoms with Crippen molar-refractivity contribution in [1.29, 1.82) is 0 Å². The van der Waals surface area contributed by atoms with E-state index in [0.29, 0.717) is 13.1 Å². The maximum absolute atomic E-state index is 13.0. The molecule has 2 saturated heterocycles. The summed E-state index contributed by atoms with van der Waals surface area (Å²) in [6.07, 6.45) is 3.83. The second-order valence-electron chi connectivity index (χ2n) is 7.65.